The van der Waals surface area contributed by atoms with Crippen LogP contribution in [0.3, 0.4) is 0 Å². The molecule has 0 spiro atoms. The molecule has 6 aromatic carbocycles. The lowest BCUT2D eigenvalue weighted by molar-refractivity contribution is 0.101. The van der Waals surface area contributed by atoms with Crippen LogP contribution in [-0.2, 0) is 0 Å². The molecule has 0 aliphatic heterocycles. The first-order chi connectivity index (χ1) is 18.1. The SMILES string of the molecule is O=C(Nc1cccc2ccccc12)c1ccc2cc(O)c(C(=O)Nc3cccc4ccccc34)cc2c1. The third kappa shape index (κ3) is 4.23. The maximum Gasteiger partial charge on any atom is 0.259 e. The van der Waals surface area contributed by atoms with Crippen molar-refractivity contribution in [3.63, 3.8) is 0 Å². The summed E-state index contributed by atoms with van der Waals surface area (Å²) in [6, 6.07) is 35.4. The summed E-state index contributed by atoms with van der Waals surface area (Å²) in [5.41, 5.74) is 1.97. The summed E-state index contributed by atoms with van der Waals surface area (Å²) in [6.45, 7) is 0. The number of anilines is 2. The van der Waals surface area contributed by atoms with Gasteiger partial charge in [-0.25, -0.2) is 0 Å². The summed E-state index contributed by atoms with van der Waals surface area (Å²) in [5, 5.41) is 21.8. The van der Waals surface area contributed by atoms with Crippen LogP contribution in [0.1, 0.15) is 20.7 Å². The van der Waals surface area contributed by atoms with E-state index in [1.807, 2.05) is 84.9 Å². The first-order valence-electron chi connectivity index (χ1n) is 11.9. The van der Waals surface area contributed by atoms with Crippen LogP contribution in [-0.4, -0.2) is 16.9 Å². The van der Waals surface area contributed by atoms with Crippen LogP contribution in [0.5, 0.6) is 5.75 Å². The van der Waals surface area contributed by atoms with Gasteiger partial charge in [-0.05, 0) is 57.9 Å². The quantitative estimate of drug-likeness (QED) is 0.246. The molecule has 0 saturated heterocycles. The number of nitrogens with one attached hydrogen (secondary N) is 2. The molecule has 0 aliphatic carbocycles. The van der Waals surface area contributed by atoms with Crippen LogP contribution in [0, 0.1) is 0 Å². The van der Waals surface area contributed by atoms with Gasteiger partial charge in [0.25, 0.3) is 11.8 Å². The molecule has 0 radical (unpaired) electrons. The molecule has 6 aromatic rings. The Balaban J connectivity index is 1.31. The zero-order chi connectivity index (χ0) is 25.4. The van der Waals surface area contributed by atoms with Crippen LogP contribution < -0.4 is 10.6 Å². The molecule has 0 atom stereocenters. The van der Waals surface area contributed by atoms with Crippen molar-refractivity contribution in [3.05, 3.63) is 126 Å². The highest BCUT2D eigenvalue weighted by molar-refractivity contribution is 6.13. The van der Waals surface area contributed by atoms with Crippen LogP contribution in [0.2, 0.25) is 0 Å². The standard InChI is InChI=1S/C32H22N2O3/c35-30-19-22-15-16-23(31(36)33-28-13-5-9-20-7-1-3-11-25(20)28)17-24(22)18-27(30)32(37)34-29-14-6-10-21-8-2-4-12-26(21)29/h1-19,35H,(H,33,36)(H,34,37). The molecule has 0 fully saturated rings. The highest BCUT2D eigenvalue weighted by Crippen LogP contribution is 2.29. The number of carbonyl (C=O) groups is 2. The molecule has 37 heavy (non-hydrogen) atoms. The molecule has 6 rings (SSSR count). The van der Waals surface area contributed by atoms with E-state index in [-0.39, 0.29) is 17.2 Å². The third-order valence-electron chi connectivity index (χ3n) is 6.54. The summed E-state index contributed by atoms with van der Waals surface area (Å²) in [6.07, 6.45) is 0. The number of hydrogen-bond acceptors (Lipinski definition) is 3. The first kappa shape index (κ1) is 22.3. The van der Waals surface area contributed by atoms with Crippen molar-refractivity contribution in [3.8, 4) is 5.75 Å². The van der Waals surface area contributed by atoms with Gasteiger partial charge in [0.2, 0.25) is 0 Å². The van der Waals surface area contributed by atoms with Gasteiger partial charge in [-0.2, -0.15) is 0 Å². The molecule has 0 aliphatic rings. The van der Waals surface area contributed by atoms with Crippen molar-refractivity contribution in [2.24, 2.45) is 0 Å². The molecule has 0 unspecified atom stereocenters. The fourth-order valence-corrected chi connectivity index (χ4v) is 4.66. The topological polar surface area (TPSA) is 78.4 Å². The van der Waals surface area contributed by atoms with Crippen LogP contribution in [0.4, 0.5) is 11.4 Å². The highest BCUT2D eigenvalue weighted by atomic mass is 16.3. The number of rotatable bonds is 4. The summed E-state index contributed by atoms with van der Waals surface area (Å²) in [7, 11) is 0. The van der Waals surface area contributed by atoms with Crippen LogP contribution >= 0.6 is 0 Å². The van der Waals surface area contributed by atoms with E-state index in [1.165, 1.54) is 0 Å². The van der Waals surface area contributed by atoms with Crippen molar-refractivity contribution in [2.75, 3.05) is 10.6 Å². The second kappa shape index (κ2) is 9.13. The summed E-state index contributed by atoms with van der Waals surface area (Å²) >= 11 is 0. The second-order valence-electron chi connectivity index (χ2n) is 8.89. The van der Waals surface area contributed by atoms with Crippen LogP contribution in [0.15, 0.2) is 115 Å². The smallest absolute Gasteiger partial charge is 0.259 e. The monoisotopic (exact) mass is 482 g/mol. The number of benzene rings is 6. The fraction of sp³-hybridized carbons (Fsp3) is 0. The number of carbonyl (C=O) groups excluding carboxylic acids is 2. The lowest BCUT2D eigenvalue weighted by Gasteiger charge is -2.12. The van der Waals surface area contributed by atoms with E-state index in [0.29, 0.717) is 16.6 Å². The van der Waals surface area contributed by atoms with E-state index >= 15 is 0 Å². The van der Waals surface area contributed by atoms with Gasteiger partial charge in [0.15, 0.2) is 0 Å². The van der Waals surface area contributed by atoms with E-state index < -0.39 is 5.91 Å². The number of fused-ring (bicyclic) bond motifs is 3. The van der Waals surface area contributed by atoms with Crippen LogP contribution in [0.25, 0.3) is 32.3 Å². The zero-order valence-electron chi connectivity index (χ0n) is 19.7. The largest absolute Gasteiger partial charge is 0.507 e. The number of phenolic OH excluding ortho intramolecular Hbond substituents is 1. The third-order valence-corrected chi connectivity index (χ3v) is 6.54. The van der Waals surface area contributed by atoms with E-state index in [4.69, 9.17) is 0 Å². The normalized spacial score (nSPS) is 11.0. The number of phenols is 1. The first-order valence-corrected chi connectivity index (χ1v) is 11.9. The number of aromatic hydroxyl groups is 1. The molecule has 0 bridgehead atoms. The second-order valence-corrected chi connectivity index (χ2v) is 8.89. The Morgan fingerprint density at radius 2 is 1.08 bits per heavy atom. The summed E-state index contributed by atoms with van der Waals surface area (Å²) in [5.74, 6) is -0.812. The molecule has 178 valence electrons. The van der Waals surface area contributed by atoms with Gasteiger partial charge in [0.05, 0.1) is 5.56 Å². The Morgan fingerprint density at radius 3 is 1.73 bits per heavy atom. The van der Waals surface area contributed by atoms with Gasteiger partial charge in [0.1, 0.15) is 5.75 Å². The molecule has 5 heteroatoms. The zero-order valence-corrected chi connectivity index (χ0v) is 19.7. The Morgan fingerprint density at radius 1 is 0.514 bits per heavy atom. The highest BCUT2D eigenvalue weighted by Gasteiger charge is 2.16. The molecule has 0 heterocycles. The molecular formula is C32H22N2O3. The lowest BCUT2D eigenvalue weighted by Crippen LogP contribution is -2.13. The molecule has 0 aromatic heterocycles. The van der Waals surface area contributed by atoms with Crippen molar-refractivity contribution in [1.29, 1.82) is 0 Å². The Labute approximate surface area is 213 Å². The predicted molar refractivity (Wildman–Crippen MR) is 149 cm³/mol. The molecule has 5 nitrogen and oxygen atoms in total. The van der Waals surface area contributed by atoms with E-state index in [2.05, 4.69) is 10.6 Å². The lowest BCUT2D eigenvalue weighted by atomic mass is 10.0. The average molecular weight is 483 g/mol. The molecule has 0 saturated carbocycles. The maximum absolute atomic E-state index is 13.2. The predicted octanol–water partition coefficient (Wildman–Crippen LogP) is 7.36. The molecular weight excluding hydrogens is 460 g/mol. The minimum absolute atomic E-state index is 0.127. The van der Waals surface area contributed by atoms with Gasteiger partial charge in [-0.3, -0.25) is 9.59 Å². The fourth-order valence-electron chi connectivity index (χ4n) is 4.66. The Kier molecular flexibility index (Phi) is 5.51. The van der Waals surface area contributed by atoms with Gasteiger partial charge >= 0.3 is 0 Å². The summed E-state index contributed by atoms with van der Waals surface area (Å²) in [4.78, 5) is 26.3. The van der Waals surface area contributed by atoms with E-state index in [9.17, 15) is 14.7 Å². The Bertz CT molecular complexity index is 1830. The van der Waals surface area contributed by atoms with Crippen molar-refractivity contribution in [1.82, 2.24) is 0 Å². The van der Waals surface area contributed by atoms with Crippen molar-refractivity contribution >= 4 is 55.5 Å². The Hall–Kier alpha value is -5.16. The van der Waals surface area contributed by atoms with E-state index in [0.717, 1.165) is 32.6 Å². The van der Waals surface area contributed by atoms with Crippen molar-refractivity contribution < 1.29 is 14.7 Å². The van der Waals surface area contributed by atoms with Gasteiger partial charge in [0, 0.05) is 27.7 Å². The average Bonchev–Trinajstić information content (AvgIpc) is 2.93. The van der Waals surface area contributed by atoms with Gasteiger partial charge in [-0.15, -0.1) is 0 Å². The maximum atomic E-state index is 13.2. The van der Waals surface area contributed by atoms with Gasteiger partial charge < -0.3 is 15.7 Å². The number of amides is 2. The van der Waals surface area contributed by atoms with E-state index in [1.54, 1.807) is 30.3 Å². The van der Waals surface area contributed by atoms with Gasteiger partial charge in [-0.1, -0.05) is 78.9 Å². The minimum Gasteiger partial charge on any atom is -0.507 e. The summed E-state index contributed by atoms with van der Waals surface area (Å²) < 4.78 is 0. The molecule has 2 amide bonds. The molecule has 3 N–H and O–H groups in total. The van der Waals surface area contributed by atoms with Crippen molar-refractivity contribution in [2.45, 2.75) is 0 Å². The minimum atomic E-state index is -0.429. The number of hydrogen-bond donors (Lipinski definition) is 3.